The van der Waals surface area contributed by atoms with Crippen molar-refractivity contribution in [2.24, 2.45) is 0 Å². The van der Waals surface area contributed by atoms with Gasteiger partial charge in [0.25, 0.3) is 0 Å². The number of nitrogens with one attached hydrogen (secondary N) is 1. The maximum atomic E-state index is 12.0. The number of hydrogen-bond donors (Lipinski definition) is 1. The Balaban J connectivity index is 2.55. The first-order valence-corrected chi connectivity index (χ1v) is 5.90. The summed E-state index contributed by atoms with van der Waals surface area (Å²) in [6.07, 6.45) is 0. The van der Waals surface area contributed by atoms with Crippen molar-refractivity contribution in [1.29, 1.82) is 0 Å². The van der Waals surface area contributed by atoms with E-state index in [1.165, 1.54) is 0 Å². The molecule has 1 N–H and O–H groups in total. The van der Waals surface area contributed by atoms with E-state index in [0.717, 1.165) is 11.1 Å². The topological polar surface area (TPSA) is 46.2 Å². The summed E-state index contributed by atoms with van der Waals surface area (Å²) in [5.74, 6) is -1.11. The van der Waals surface area contributed by atoms with E-state index in [4.69, 9.17) is 11.6 Å². The van der Waals surface area contributed by atoms with Crippen LogP contribution in [0, 0.1) is 13.8 Å². The number of rotatable bonds is 1. The molecule has 0 radical (unpaired) electrons. The maximum Gasteiger partial charge on any atom is 0.235 e. The molecule has 1 aromatic carbocycles. The first-order valence-electron chi connectivity index (χ1n) is 5.52. The summed E-state index contributed by atoms with van der Waals surface area (Å²) < 4.78 is 0. The van der Waals surface area contributed by atoms with Crippen molar-refractivity contribution in [2.75, 3.05) is 0 Å². The van der Waals surface area contributed by atoms with Crippen LogP contribution in [0.1, 0.15) is 29.5 Å². The smallest absolute Gasteiger partial charge is 0.235 e. The molecule has 1 heterocycles. The Bertz CT molecular complexity index is 487. The van der Waals surface area contributed by atoms with Gasteiger partial charge in [0, 0.05) is 5.02 Å². The maximum absolute atomic E-state index is 12.0. The molecular weight excluding hydrogens is 238 g/mol. The van der Waals surface area contributed by atoms with Crippen molar-refractivity contribution in [3.05, 3.63) is 33.8 Å². The molecule has 17 heavy (non-hydrogen) atoms. The lowest BCUT2D eigenvalue weighted by Crippen LogP contribution is -2.25. The molecule has 2 atom stereocenters. The molecule has 3 nitrogen and oxygen atoms in total. The standard InChI is InChI=1S/C13H14ClNO2/c1-6-4-7(2)10(9(14)5-6)11-12(16)8(3)15-13(11)17/h4-5,8,11H,1-3H3,(H,15,17). The van der Waals surface area contributed by atoms with Crippen LogP contribution in [0.4, 0.5) is 0 Å². The van der Waals surface area contributed by atoms with Crippen molar-refractivity contribution in [3.8, 4) is 0 Å². The quantitative estimate of drug-likeness (QED) is 0.778. The predicted molar refractivity (Wildman–Crippen MR) is 66.3 cm³/mol. The first-order chi connectivity index (χ1) is 7.91. The van der Waals surface area contributed by atoms with Crippen LogP contribution in [-0.4, -0.2) is 17.7 Å². The number of amides is 1. The molecule has 0 bridgehead atoms. The number of hydrogen-bond acceptors (Lipinski definition) is 2. The third-order valence-electron chi connectivity index (χ3n) is 3.10. The third kappa shape index (κ3) is 1.95. The Morgan fingerprint density at radius 2 is 1.88 bits per heavy atom. The van der Waals surface area contributed by atoms with Crippen LogP contribution in [-0.2, 0) is 9.59 Å². The van der Waals surface area contributed by atoms with Crippen molar-refractivity contribution in [3.63, 3.8) is 0 Å². The molecule has 1 aromatic rings. The lowest BCUT2D eigenvalue weighted by atomic mass is 9.90. The molecular formula is C13H14ClNO2. The largest absolute Gasteiger partial charge is 0.346 e. The van der Waals surface area contributed by atoms with Crippen LogP contribution in [0.2, 0.25) is 5.02 Å². The van der Waals surface area contributed by atoms with Crippen LogP contribution in [0.15, 0.2) is 12.1 Å². The Kier molecular flexibility index (Phi) is 2.96. The molecule has 1 aliphatic rings. The second-order valence-corrected chi connectivity index (χ2v) is 4.95. The normalized spacial score (nSPS) is 24.0. The summed E-state index contributed by atoms with van der Waals surface area (Å²) in [4.78, 5) is 23.8. The Labute approximate surface area is 105 Å². The average molecular weight is 252 g/mol. The van der Waals surface area contributed by atoms with Crippen LogP contribution in [0.5, 0.6) is 0 Å². The highest BCUT2D eigenvalue weighted by atomic mass is 35.5. The minimum Gasteiger partial charge on any atom is -0.346 e. The zero-order chi connectivity index (χ0) is 12.7. The molecule has 1 amide bonds. The van der Waals surface area contributed by atoms with Gasteiger partial charge in [-0.3, -0.25) is 9.59 Å². The van der Waals surface area contributed by atoms with E-state index in [-0.39, 0.29) is 11.7 Å². The second-order valence-electron chi connectivity index (χ2n) is 4.54. The monoisotopic (exact) mass is 251 g/mol. The van der Waals surface area contributed by atoms with Crippen molar-refractivity contribution in [1.82, 2.24) is 5.32 Å². The molecule has 0 saturated carbocycles. The SMILES string of the molecule is Cc1cc(C)c(C2C(=O)NC(C)C2=O)c(Cl)c1. The molecule has 2 rings (SSSR count). The Hall–Kier alpha value is -1.35. The summed E-state index contributed by atoms with van der Waals surface area (Å²) in [5.41, 5.74) is 2.55. The number of halogens is 1. The molecule has 2 unspecified atom stereocenters. The van der Waals surface area contributed by atoms with Crippen molar-refractivity contribution >= 4 is 23.3 Å². The van der Waals surface area contributed by atoms with E-state index in [1.54, 1.807) is 13.0 Å². The zero-order valence-corrected chi connectivity index (χ0v) is 10.8. The van der Waals surface area contributed by atoms with E-state index in [2.05, 4.69) is 5.32 Å². The number of Topliss-reactive ketones (excluding diaryl/α,β-unsaturated/α-hetero) is 1. The lowest BCUT2D eigenvalue weighted by Gasteiger charge is -2.13. The van der Waals surface area contributed by atoms with Crippen LogP contribution >= 0.6 is 11.6 Å². The van der Waals surface area contributed by atoms with E-state index in [1.807, 2.05) is 19.9 Å². The van der Waals surface area contributed by atoms with Gasteiger partial charge >= 0.3 is 0 Å². The van der Waals surface area contributed by atoms with E-state index in [9.17, 15) is 9.59 Å². The van der Waals surface area contributed by atoms with Crippen molar-refractivity contribution < 1.29 is 9.59 Å². The number of aryl methyl sites for hydroxylation is 2. The van der Waals surface area contributed by atoms with Gasteiger partial charge in [-0.05, 0) is 43.5 Å². The zero-order valence-electron chi connectivity index (χ0n) is 10.0. The van der Waals surface area contributed by atoms with Gasteiger partial charge in [0.15, 0.2) is 5.78 Å². The van der Waals surface area contributed by atoms with Crippen LogP contribution in [0.3, 0.4) is 0 Å². The summed E-state index contributed by atoms with van der Waals surface area (Å²) in [7, 11) is 0. The summed E-state index contributed by atoms with van der Waals surface area (Å²) in [5, 5.41) is 3.13. The van der Waals surface area contributed by atoms with Gasteiger partial charge < -0.3 is 5.32 Å². The minimum atomic E-state index is -0.752. The fourth-order valence-electron chi connectivity index (χ4n) is 2.31. The minimum absolute atomic E-state index is 0.108. The predicted octanol–water partition coefficient (Wildman–Crippen LogP) is 2.13. The number of ketones is 1. The van der Waals surface area contributed by atoms with Crippen LogP contribution in [0.25, 0.3) is 0 Å². The third-order valence-corrected chi connectivity index (χ3v) is 3.41. The lowest BCUT2D eigenvalue weighted by molar-refractivity contribution is -0.124. The fourth-order valence-corrected chi connectivity index (χ4v) is 2.74. The average Bonchev–Trinajstić information content (AvgIpc) is 2.43. The molecule has 1 saturated heterocycles. The number of carbonyl (C=O) groups is 2. The van der Waals surface area contributed by atoms with Gasteiger partial charge in [0.2, 0.25) is 5.91 Å². The molecule has 4 heteroatoms. The Morgan fingerprint density at radius 1 is 1.24 bits per heavy atom. The molecule has 0 spiro atoms. The highest BCUT2D eigenvalue weighted by Gasteiger charge is 2.41. The van der Waals surface area contributed by atoms with Gasteiger partial charge in [-0.25, -0.2) is 0 Å². The Morgan fingerprint density at radius 3 is 2.35 bits per heavy atom. The molecule has 1 fully saturated rings. The highest BCUT2D eigenvalue weighted by molar-refractivity contribution is 6.32. The molecule has 90 valence electrons. The highest BCUT2D eigenvalue weighted by Crippen LogP contribution is 2.33. The number of benzene rings is 1. The molecule has 1 aliphatic heterocycles. The summed E-state index contributed by atoms with van der Waals surface area (Å²) in [6, 6.07) is 3.29. The summed E-state index contributed by atoms with van der Waals surface area (Å²) in [6.45, 7) is 5.50. The second kappa shape index (κ2) is 4.15. The molecule has 0 aliphatic carbocycles. The van der Waals surface area contributed by atoms with E-state index in [0.29, 0.717) is 10.6 Å². The van der Waals surface area contributed by atoms with Gasteiger partial charge in [-0.1, -0.05) is 17.7 Å². The van der Waals surface area contributed by atoms with E-state index >= 15 is 0 Å². The van der Waals surface area contributed by atoms with E-state index < -0.39 is 12.0 Å². The number of carbonyl (C=O) groups excluding carboxylic acids is 2. The van der Waals surface area contributed by atoms with Crippen LogP contribution < -0.4 is 5.32 Å². The van der Waals surface area contributed by atoms with Gasteiger partial charge in [-0.15, -0.1) is 0 Å². The van der Waals surface area contributed by atoms with Gasteiger partial charge in [-0.2, -0.15) is 0 Å². The fraction of sp³-hybridized carbons (Fsp3) is 0.385. The first kappa shape index (κ1) is 12.1. The summed E-state index contributed by atoms with van der Waals surface area (Å²) >= 11 is 6.16. The van der Waals surface area contributed by atoms with Gasteiger partial charge in [0.05, 0.1) is 6.04 Å². The van der Waals surface area contributed by atoms with Gasteiger partial charge in [0.1, 0.15) is 5.92 Å². The van der Waals surface area contributed by atoms with Crippen molar-refractivity contribution in [2.45, 2.75) is 32.7 Å². The molecule has 0 aromatic heterocycles.